The van der Waals surface area contributed by atoms with Crippen LogP contribution in [0.5, 0.6) is 0 Å². The first kappa shape index (κ1) is 15.8. The molecule has 2 aliphatic carbocycles. The molecule has 0 amide bonds. The smallest absolute Gasteiger partial charge is 0.306 e. The summed E-state index contributed by atoms with van der Waals surface area (Å²) < 4.78 is 0. The van der Waals surface area contributed by atoms with Gasteiger partial charge in [0.1, 0.15) is 0 Å². The molecule has 0 heterocycles. The lowest BCUT2D eigenvalue weighted by atomic mass is 9.79. The van der Waals surface area contributed by atoms with E-state index in [1.165, 1.54) is 25.7 Å². The van der Waals surface area contributed by atoms with Crippen molar-refractivity contribution in [1.82, 2.24) is 5.32 Å². The van der Waals surface area contributed by atoms with E-state index in [1.54, 1.807) is 0 Å². The summed E-state index contributed by atoms with van der Waals surface area (Å²) >= 11 is 0. The molecule has 2 rings (SSSR count). The van der Waals surface area contributed by atoms with Crippen LogP contribution in [0, 0.1) is 23.7 Å². The number of aliphatic carboxylic acids is 1. The molecule has 0 unspecified atom stereocenters. The normalized spacial score (nSPS) is 35.1. The Morgan fingerprint density at radius 3 is 2.15 bits per heavy atom. The lowest BCUT2D eigenvalue weighted by Gasteiger charge is -2.33. The largest absolute Gasteiger partial charge is 0.481 e. The zero-order valence-corrected chi connectivity index (χ0v) is 13.1. The average molecular weight is 281 g/mol. The van der Waals surface area contributed by atoms with Gasteiger partial charge in [0, 0.05) is 6.04 Å². The van der Waals surface area contributed by atoms with Crippen LogP contribution in [0.2, 0.25) is 0 Å². The van der Waals surface area contributed by atoms with Gasteiger partial charge in [0.2, 0.25) is 0 Å². The number of rotatable bonds is 5. The first-order valence-electron chi connectivity index (χ1n) is 8.52. The molecule has 0 atom stereocenters. The van der Waals surface area contributed by atoms with Gasteiger partial charge < -0.3 is 10.4 Å². The molecule has 2 fully saturated rings. The highest BCUT2D eigenvalue weighted by molar-refractivity contribution is 5.69. The minimum absolute atomic E-state index is 0.0762. The third kappa shape index (κ3) is 4.47. The SMILES string of the molecule is CC(C)C1CCC(NCC2CCC(C(=O)O)CC2)CC1. The molecule has 20 heavy (non-hydrogen) atoms. The van der Waals surface area contributed by atoms with Gasteiger partial charge in [-0.15, -0.1) is 0 Å². The second kappa shape index (κ2) is 7.44. The monoisotopic (exact) mass is 281 g/mol. The minimum atomic E-state index is -0.594. The van der Waals surface area contributed by atoms with Crippen LogP contribution in [0.1, 0.15) is 65.2 Å². The highest BCUT2D eigenvalue weighted by Gasteiger charge is 2.27. The Kier molecular flexibility index (Phi) is 5.88. The van der Waals surface area contributed by atoms with Crippen LogP contribution in [0.15, 0.2) is 0 Å². The maximum Gasteiger partial charge on any atom is 0.306 e. The number of hydrogen-bond acceptors (Lipinski definition) is 2. The number of hydrogen-bond donors (Lipinski definition) is 2. The molecule has 3 nitrogen and oxygen atoms in total. The Morgan fingerprint density at radius 1 is 1.05 bits per heavy atom. The first-order valence-corrected chi connectivity index (χ1v) is 8.52. The summed E-state index contributed by atoms with van der Waals surface area (Å²) in [4.78, 5) is 10.9. The predicted molar refractivity (Wildman–Crippen MR) is 81.7 cm³/mol. The van der Waals surface area contributed by atoms with Gasteiger partial charge in [0.05, 0.1) is 5.92 Å². The molecule has 0 bridgehead atoms. The Labute approximate surface area is 123 Å². The van der Waals surface area contributed by atoms with Crippen LogP contribution in [0.3, 0.4) is 0 Å². The molecule has 0 aromatic carbocycles. The maximum atomic E-state index is 10.9. The highest BCUT2D eigenvalue weighted by Crippen LogP contribution is 2.31. The van der Waals surface area contributed by atoms with Crippen LogP contribution in [-0.2, 0) is 4.79 Å². The molecule has 0 saturated heterocycles. The zero-order chi connectivity index (χ0) is 14.5. The van der Waals surface area contributed by atoms with E-state index in [4.69, 9.17) is 5.11 Å². The summed E-state index contributed by atoms with van der Waals surface area (Å²) in [5.41, 5.74) is 0. The molecule has 0 aromatic heterocycles. The summed E-state index contributed by atoms with van der Waals surface area (Å²) in [6.45, 7) is 5.79. The van der Waals surface area contributed by atoms with Crippen molar-refractivity contribution in [3.8, 4) is 0 Å². The lowest BCUT2D eigenvalue weighted by Crippen LogP contribution is -2.38. The molecular formula is C17H31NO2. The summed E-state index contributed by atoms with van der Waals surface area (Å²) in [5, 5.41) is 12.8. The van der Waals surface area contributed by atoms with Crippen molar-refractivity contribution in [3.63, 3.8) is 0 Å². The first-order chi connectivity index (χ1) is 9.56. The van der Waals surface area contributed by atoms with E-state index in [0.717, 1.165) is 44.1 Å². The number of carbonyl (C=O) groups is 1. The van der Waals surface area contributed by atoms with E-state index >= 15 is 0 Å². The van der Waals surface area contributed by atoms with E-state index in [9.17, 15) is 4.79 Å². The Hall–Kier alpha value is -0.570. The van der Waals surface area contributed by atoms with E-state index in [1.807, 2.05) is 0 Å². The van der Waals surface area contributed by atoms with Crippen molar-refractivity contribution < 1.29 is 9.90 Å². The van der Waals surface area contributed by atoms with E-state index in [2.05, 4.69) is 19.2 Å². The number of carboxylic acid groups (broad SMARTS) is 1. The molecular weight excluding hydrogens is 250 g/mol. The quantitative estimate of drug-likeness (QED) is 0.808. The molecule has 0 aromatic rings. The van der Waals surface area contributed by atoms with E-state index in [-0.39, 0.29) is 5.92 Å². The topological polar surface area (TPSA) is 49.3 Å². The van der Waals surface area contributed by atoms with Crippen molar-refractivity contribution in [2.45, 2.75) is 71.3 Å². The molecule has 2 saturated carbocycles. The van der Waals surface area contributed by atoms with Crippen LogP contribution < -0.4 is 5.32 Å². The van der Waals surface area contributed by atoms with Gasteiger partial charge in [0.15, 0.2) is 0 Å². The minimum Gasteiger partial charge on any atom is -0.481 e. The van der Waals surface area contributed by atoms with Crippen molar-refractivity contribution in [2.24, 2.45) is 23.7 Å². The summed E-state index contributed by atoms with van der Waals surface area (Å²) in [5.74, 6) is 1.80. The molecule has 116 valence electrons. The number of carboxylic acids is 1. The van der Waals surface area contributed by atoms with Crippen molar-refractivity contribution in [3.05, 3.63) is 0 Å². The molecule has 2 aliphatic rings. The van der Waals surface area contributed by atoms with E-state index < -0.39 is 5.97 Å². The summed E-state index contributed by atoms with van der Waals surface area (Å²) in [6, 6.07) is 0.710. The van der Waals surface area contributed by atoms with Gasteiger partial charge in [-0.1, -0.05) is 13.8 Å². The molecule has 0 spiro atoms. The second-order valence-electron chi connectivity index (χ2n) is 7.32. The summed E-state index contributed by atoms with van der Waals surface area (Å²) in [6.07, 6.45) is 9.34. The fraction of sp³-hybridized carbons (Fsp3) is 0.941. The molecule has 2 N–H and O–H groups in total. The van der Waals surface area contributed by atoms with Gasteiger partial charge in [-0.3, -0.25) is 4.79 Å². The number of nitrogens with one attached hydrogen (secondary N) is 1. The molecule has 3 heteroatoms. The van der Waals surface area contributed by atoms with Crippen molar-refractivity contribution in [1.29, 1.82) is 0 Å². The van der Waals surface area contributed by atoms with Gasteiger partial charge in [0.25, 0.3) is 0 Å². The summed E-state index contributed by atoms with van der Waals surface area (Å²) in [7, 11) is 0. The zero-order valence-electron chi connectivity index (χ0n) is 13.1. The van der Waals surface area contributed by atoms with E-state index in [0.29, 0.717) is 12.0 Å². The third-order valence-corrected chi connectivity index (χ3v) is 5.61. The van der Waals surface area contributed by atoms with Gasteiger partial charge in [-0.2, -0.15) is 0 Å². The highest BCUT2D eigenvalue weighted by atomic mass is 16.4. The van der Waals surface area contributed by atoms with Crippen LogP contribution >= 0.6 is 0 Å². The molecule has 0 radical (unpaired) electrons. The lowest BCUT2D eigenvalue weighted by molar-refractivity contribution is -0.143. The van der Waals surface area contributed by atoms with Crippen molar-refractivity contribution >= 4 is 5.97 Å². The van der Waals surface area contributed by atoms with Crippen LogP contribution in [0.4, 0.5) is 0 Å². The maximum absolute atomic E-state index is 10.9. The van der Waals surface area contributed by atoms with Crippen molar-refractivity contribution in [2.75, 3.05) is 6.54 Å². The Bertz CT molecular complexity index is 300. The predicted octanol–water partition coefficient (Wildman–Crippen LogP) is 3.68. The third-order valence-electron chi connectivity index (χ3n) is 5.61. The van der Waals surface area contributed by atoms with Crippen LogP contribution in [0.25, 0.3) is 0 Å². The molecule has 0 aliphatic heterocycles. The van der Waals surface area contributed by atoms with Gasteiger partial charge in [-0.05, 0) is 75.7 Å². The average Bonchev–Trinajstić information content (AvgIpc) is 2.46. The fourth-order valence-corrected chi connectivity index (χ4v) is 3.94. The Morgan fingerprint density at radius 2 is 1.65 bits per heavy atom. The fourth-order valence-electron chi connectivity index (χ4n) is 3.94. The van der Waals surface area contributed by atoms with Crippen LogP contribution in [-0.4, -0.2) is 23.7 Å². The second-order valence-corrected chi connectivity index (χ2v) is 7.32. The van der Waals surface area contributed by atoms with Gasteiger partial charge in [-0.25, -0.2) is 0 Å². The Balaban J connectivity index is 1.61. The standard InChI is InChI=1S/C17H31NO2/c1-12(2)14-7-9-16(10-8-14)18-11-13-3-5-15(6-4-13)17(19)20/h12-16,18H,3-11H2,1-2H3,(H,19,20). The van der Waals surface area contributed by atoms with Gasteiger partial charge >= 0.3 is 5.97 Å².